The lowest BCUT2D eigenvalue weighted by atomic mass is 10.2. The molecule has 0 aromatic carbocycles. The van der Waals surface area contributed by atoms with Crippen molar-refractivity contribution in [1.29, 1.82) is 0 Å². The first kappa shape index (κ1) is 11.9. The quantitative estimate of drug-likeness (QED) is 0.787. The molecular weight excluding hydrogens is 216 g/mol. The molecule has 1 amide bonds. The minimum absolute atomic E-state index is 0.0330. The number of rotatable bonds is 2. The molecule has 2 heterocycles. The van der Waals surface area contributed by atoms with Gasteiger partial charge in [0.15, 0.2) is 0 Å². The molecule has 5 heteroatoms. The number of aromatic nitrogens is 1. The zero-order valence-electron chi connectivity index (χ0n) is 10.0. The zero-order chi connectivity index (χ0) is 12.3. The van der Waals surface area contributed by atoms with Gasteiger partial charge in [-0.2, -0.15) is 0 Å². The normalized spacial score (nSPS) is 18.0. The third-order valence-corrected chi connectivity index (χ3v) is 2.95. The van der Waals surface area contributed by atoms with Gasteiger partial charge in [-0.1, -0.05) is 6.07 Å². The van der Waals surface area contributed by atoms with Crippen LogP contribution in [0.15, 0.2) is 24.4 Å². The molecule has 0 saturated carbocycles. The van der Waals surface area contributed by atoms with Crippen molar-refractivity contribution in [3.8, 4) is 0 Å². The summed E-state index contributed by atoms with van der Waals surface area (Å²) in [4.78, 5) is 20.0. The van der Waals surface area contributed by atoms with Gasteiger partial charge in [-0.3, -0.25) is 4.79 Å². The van der Waals surface area contributed by atoms with Crippen LogP contribution in [-0.2, 0) is 4.79 Å². The third kappa shape index (κ3) is 2.74. The molecule has 2 N–H and O–H groups in total. The van der Waals surface area contributed by atoms with E-state index in [-0.39, 0.29) is 5.91 Å². The molecule has 17 heavy (non-hydrogen) atoms. The summed E-state index contributed by atoms with van der Waals surface area (Å²) >= 11 is 0. The summed E-state index contributed by atoms with van der Waals surface area (Å²) in [6.07, 6.45) is 1.79. The predicted molar refractivity (Wildman–Crippen MR) is 66.7 cm³/mol. The van der Waals surface area contributed by atoms with Gasteiger partial charge in [0, 0.05) is 32.4 Å². The van der Waals surface area contributed by atoms with Gasteiger partial charge in [0.1, 0.15) is 5.82 Å². The molecule has 1 aromatic heterocycles. The van der Waals surface area contributed by atoms with E-state index in [4.69, 9.17) is 5.73 Å². The first-order valence-corrected chi connectivity index (χ1v) is 5.89. The van der Waals surface area contributed by atoms with E-state index in [9.17, 15) is 4.79 Å². The Morgan fingerprint density at radius 1 is 1.35 bits per heavy atom. The lowest BCUT2D eigenvalue weighted by Crippen LogP contribution is -2.52. The van der Waals surface area contributed by atoms with E-state index >= 15 is 0 Å². The minimum atomic E-state index is -0.406. The molecule has 0 bridgehead atoms. The van der Waals surface area contributed by atoms with Gasteiger partial charge in [-0.05, 0) is 19.1 Å². The number of carbonyl (C=O) groups is 1. The van der Waals surface area contributed by atoms with Gasteiger partial charge in [0.2, 0.25) is 5.91 Å². The first-order valence-electron chi connectivity index (χ1n) is 5.89. The Kier molecular flexibility index (Phi) is 3.58. The summed E-state index contributed by atoms with van der Waals surface area (Å²) in [6, 6.07) is 5.46. The van der Waals surface area contributed by atoms with Crippen molar-refractivity contribution >= 4 is 11.7 Å². The van der Waals surface area contributed by atoms with Crippen LogP contribution in [0, 0.1) is 0 Å². The highest BCUT2D eigenvalue weighted by Gasteiger charge is 2.23. The second-order valence-corrected chi connectivity index (χ2v) is 4.29. The number of amides is 1. The van der Waals surface area contributed by atoms with Gasteiger partial charge in [-0.25, -0.2) is 4.98 Å². The van der Waals surface area contributed by atoms with Crippen LogP contribution in [0.2, 0.25) is 0 Å². The van der Waals surface area contributed by atoms with E-state index in [0.29, 0.717) is 0 Å². The van der Waals surface area contributed by atoms with Gasteiger partial charge in [0.05, 0.1) is 6.04 Å². The fraction of sp³-hybridized carbons (Fsp3) is 0.500. The Morgan fingerprint density at radius 2 is 2.06 bits per heavy atom. The number of hydrogen-bond donors (Lipinski definition) is 1. The minimum Gasteiger partial charge on any atom is -0.353 e. The molecule has 5 nitrogen and oxygen atoms in total. The van der Waals surface area contributed by atoms with E-state index in [0.717, 1.165) is 32.0 Å². The molecule has 0 aliphatic carbocycles. The highest BCUT2D eigenvalue weighted by molar-refractivity contribution is 5.81. The van der Waals surface area contributed by atoms with Gasteiger partial charge in [0.25, 0.3) is 0 Å². The molecule has 1 saturated heterocycles. The fourth-order valence-corrected chi connectivity index (χ4v) is 1.98. The standard InChI is InChI=1S/C12H18N4O/c1-10(13)12(17)16-8-6-15(7-9-16)11-4-2-3-5-14-11/h2-5,10H,6-9,13H2,1H3. The summed E-state index contributed by atoms with van der Waals surface area (Å²) in [5, 5.41) is 0. The molecule has 1 aliphatic rings. The Labute approximate surface area is 101 Å². The average Bonchev–Trinajstić information content (AvgIpc) is 2.39. The number of nitrogens with zero attached hydrogens (tertiary/aromatic N) is 3. The summed E-state index contributed by atoms with van der Waals surface area (Å²) in [6.45, 7) is 4.80. The number of carbonyl (C=O) groups excluding carboxylic acids is 1. The lowest BCUT2D eigenvalue weighted by Gasteiger charge is -2.36. The molecule has 1 atom stereocenters. The smallest absolute Gasteiger partial charge is 0.239 e. The number of pyridine rings is 1. The highest BCUT2D eigenvalue weighted by atomic mass is 16.2. The van der Waals surface area contributed by atoms with Crippen LogP contribution in [0.1, 0.15) is 6.92 Å². The van der Waals surface area contributed by atoms with Crippen LogP contribution in [0.3, 0.4) is 0 Å². The Morgan fingerprint density at radius 3 is 2.59 bits per heavy atom. The number of piperazine rings is 1. The molecule has 2 rings (SSSR count). The van der Waals surface area contributed by atoms with Crippen LogP contribution >= 0.6 is 0 Å². The number of hydrogen-bond acceptors (Lipinski definition) is 4. The molecule has 92 valence electrons. The van der Waals surface area contributed by atoms with Gasteiger partial charge in [-0.15, -0.1) is 0 Å². The zero-order valence-corrected chi connectivity index (χ0v) is 10.0. The predicted octanol–water partition coefficient (Wildman–Crippen LogP) is 0.0774. The van der Waals surface area contributed by atoms with Gasteiger partial charge >= 0.3 is 0 Å². The topological polar surface area (TPSA) is 62.5 Å². The first-order chi connectivity index (χ1) is 8.18. The maximum atomic E-state index is 11.7. The van der Waals surface area contributed by atoms with Crippen molar-refractivity contribution in [2.24, 2.45) is 5.73 Å². The van der Waals surface area contributed by atoms with Crippen LogP contribution in [-0.4, -0.2) is 48.0 Å². The van der Waals surface area contributed by atoms with E-state index < -0.39 is 6.04 Å². The van der Waals surface area contributed by atoms with Crippen molar-refractivity contribution < 1.29 is 4.79 Å². The van der Waals surface area contributed by atoms with Crippen molar-refractivity contribution in [3.05, 3.63) is 24.4 Å². The fourth-order valence-electron chi connectivity index (χ4n) is 1.98. The molecule has 1 unspecified atom stereocenters. The van der Waals surface area contributed by atoms with Gasteiger partial charge < -0.3 is 15.5 Å². The Bertz CT molecular complexity index is 371. The largest absolute Gasteiger partial charge is 0.353 e. The summed E-state index contributed by atoms with van der Waals surface area (Å²) in [5.41, 5.74) is 5.60. The molecular formula is C12H18N4O. The van der Waals surface area contributed by atoms with Crippen molar-refractivity contribution in [3.63, 3.8) is 0 Å². The Balaban J connectivity index is 1.93. The summed E-state index contributed by atoms with van der Waals surface area (Å²) in [7, 11) is 0. The lowest BCUT2D eigenvalue weighted by molar-refractivity contribution is -0.132. The summed E-state index contributed by atoms with van der Waals surface area (Å²) in [5.74, 6) is 1.01. The molecule has 1 aromatic rings. The van der Waals surface area contributed by atoms with Crippen LogP contribution in [0.25, 0.3) is 0 Å². The van der Waals surface area contributed by atoms with Crippen molar-refractivity contribution in [2.45, 2.75) is 13.0 Å². The number of nitrogens with two attached hydrogens (primary N) is 1. The SMILES string of the molecule is CC(N)C(=O)N1CCN(c2ccccn2)CC1. The van der Waals surface area contributed by atoms with E-state index in [1.165, 1.54) is 0 Å². The third-order valence-electron chi connectivity index (χ3n) is 2.95. The maximum Gasteiger partial charge on any atom is 0.239 e. The van der Waals surface area contributed by atoms with Crippen LogP contribution in [0.5, 0.6) is 0 Å². The van der Waals surface area contributed by atoms with E-state index in [1.807, 2.05) is 23.1 Å². The van der Waals surface area contributed by atoms with E-state index in [1.54, 1.807) is 13.1 Å². The average molecular weight is 234 g/mol. The van der Waals surface area contributed by atoms with Crippen LogP contribution < -0.4 is 10.6 Å². The molecule has 0 spiro atoms. The monoisotopic (exact) mass is 234 g/mol. The van der Waals surface area contributed by atoms with Crippen molar-refractivity contribution in [2.75, 3.05) is 31.1 Å². The maximum absolute atomic E-state index is 11.7. The molecule has 1 aliphatic heterocycles. The van der Waals surface area contributed by atoms with Crippen molar-refractivity contribution in [1.82, 2.24) is 9.88 Å². The van der Waals surface area contributed by atoms with Crippen LogP contribution in [0.4, 0.5) is 5.82 Å². The van der Waals surface area contributed by atoms with E-state index in [2.05, 4.69) is 9.88 Å². The second kappa shape index (κ2) is 5.14. The Hall–Kier alpha value is -1.62. The molecule has 1 fully saturated rings. The number of anilines is 1. The second-order valence-electron chi connectivity index (χ2n) is 4.29. The highest BCUT2D eigenvalue weighted by Crippen LogP contribution is 2.12. The molecule has 0 radical (unpaired) electrons. The summed E-state index contributed by atoms with van der Waals surface area (Å²) < 4.78 is 0.